The van der Waals surface area contributed by atoms with Crippen LogP contribution in [0.4, 0.5) is 0 Å². The quantitative estimate of drug-likeness (QED) is 0.560. The fourth-order valence-electron chi connectivity index (χ4n) is 3.69. The first-order valence-corrected chi connectivity index (χ1v) is 9.85. The molecular formula is C22H32N4O2. The minimum absolute atomic E-state index is 0.0591. The van der Waals surface area contributed by atoms with Crippen molar-refractivity contribution in [1.82, 2.24) is 14.8 Å². The van der Waals surface area contributed by atoms with Gasteiger partial charge in [-0.3, -0.25) is 0 Å². The van der Waals surface area contributed by atoms with Crippen molar-refractivity contribution in [2.24, 2.45) is 10.6 Å². The van der Waals surface area contributed by atoms with Crippen LogP contribution in [-0.4, -0.2) is 33.7 Å². The van der Waals surface area contributed by atoms with Gasteiger partial charge < -0.3 is 9.57 Å². The number of benzene rings is 1. The molecule has 3 rings (SSSR count). The summed E-state index contributed by atoms with van der Waals surface area (Å²) in [7, 11) is 1.58. The van der Waals surface area contributed by atoms with E-state index in [-0.39, 0.29) is 23.0 Å². The van der Waals surface area contributed by atoms with Gasteiger partial charge in [-0.25, -0.2) is 9.67 Å². The lowest BCUT2D eigenvalue weighted by Gasteiger charge is -2.29. The Morgan fingerprint density at radius 1 is 1.29 bits per heavy atom. The molecule has 0 aliphatic carbocycles. The number of fused-ring (bicyclic) bond motifs is 1. The third-order valence-electron chi connectivity index (χ3n) is 5.18. The van der Waals surface area contributed by atoms with Gasteiger partial charge in [-0.15, -0.1) is 0 Å². The first-order valence-electron chi connectivity index (χ1n) is 9.85. The predicted molar refractivity (Wildman–Crippen MR) is 111 cm³/mol. The monoisotopic (exact) mass is 384 g/mol. The van der Waals surface area contributed by atoms with Gasteiger partial charge in [0.05, 0.1) is 11.8 Å². The predicted octanol–water partition coefficient (Wildman–Crippen LogP) is 4.56. The van der Waals surface area contributed by atoms with Crippen LogP contribution in [0.5, 0.6) is 5.75 Å². The molecule has 2 aromatic rings. The lowest BCUT2D eigenvalue weighted by molar-refractivity contribution is 0.188. The van der Waals surface area contributed by atoms with E-state index < -0.39 is 0 Å². The molecule has 0 spiro atoms. The molecule has 6 heteroatoms. The molecule has 2 atom stereocenters. The van der Waals surface area contributed by atoms with E-state index in [2.05, 4.69) is 75.0 Å². The Balaban J connectivity index is 1.85. The Labute approximate surface area is 167 Å². The number of nitrogens with zero attached hydrogens (tertiary/aromatic N) is 4. The van der Waals surface area contributed by atoms with Gasteiger partial charge in [-0.2, -0.15) is 5.10 Å². The zero-order chi connectivity index (χ0) is 20.5. The molecule has 1 aliphatic rings. The topological polar surface area (TPSA) is 61.5 Å². The van der Waals surface area contributed by atoms with E-state index in [1.54, 1.807) is 19.8 Å². The maximum atomic E-state index is 6.29. The lowest BCUT2D eigenvalue weighted by Crippen LogP contribution is -2.34. The SMILES string of the molecule is CON=C(C(CC1Cc2cc(C(C)(C)C)ccc2O1)n1cncn1)C(C)(C)C. The van der Waals surface area contributed by atoms with Gasteiger partial charge in [0.2, 0.25) is 0 Å². The second kappa shape index (κ2) is 7.57. The normalized spacial score (nSPS) is 18.5. The van der Waals surface area contributed by atoms with Crippen LogP contribution in [0, 0.1) is 5.41 Å². The van der Waals surface area contributed by atoms with E-state index in [9.17, 15) is 0 Å². The Kier molecular flexibility index (Phi) is 5.50. The molecule has 0 amide bonds. The third-order valence-corrected chi connectivity index (χ3v) is 5.18. The number of oxime groups is 1. The largest absolute Gasteiger partial charge is 0.490 e. The molecule has 2 heterocycles. The smallest absolute Gasteiger partial charge is 0.137 e. The summed E-state index contributed by atoms with van der Waals surface area (Å²) in [6.07, 6.45) is 4.99. The zero-order valence-electron chi connectivity index (χ0n) is 18.1. The summed E-state index contributed by atoms with van der Waals surface area (Å²) in [6.45, 7) is 13.1. The van der Waals surface area contributed by atoms with E-state index in [1.165, 1.54) is 11.1 Å². The molecule has 2 unspecified atom stereocenters. The van der Waals surface area contributed by atoms with Crippen molar-refractivity contribution in [3.05, 3.63) is 42.0 Å². The fraction of sp³-hybridized carbons (Fsp3) is 0.591. The first-order chi connectivity index (χ1) is 13.1. The molecule has 28 heavy (non-hydrogen) atoms. The molecule has 6 nitrogen and oxygen atoms in total. The van der Waals surface area contributed by atoms with Crippen LogP contribution >= 0.6 is 0 Å². The number of hydrogen-bond donors (Lipinski definition) is 0. The van der Waals surface area contributed by atoms with Crippen LogP contribution in [-0.2, 0) is 16.7 Å². The Bertz CT molecular complexity index is 829. The van der Waals surface area contributed by atoms with Crippen LogP contribution in [0.15, 0.2) is 36.0 Å². The van der Waals surface area contributed by atoms with Gasteiger partial charge >= 0.3 is 0 Å². The molecule has 0 radical (unpaired) electrons. The summed E-state index contributed by atoms with van der Waals surface area (Å²) in [6, 6.07) is 6.48. The molecule has 1 aromatic heterocycles. The van der Waals surface area contributed by atoms with E-state index in [4.69, 9.17) is 9.57 Å². The minimum atomic E-state index is -0.169. The fourth-order valence-corrected chi connectivity index (χ4v) is 3.69. The molecule has 0 bridgehead atoms. The van der Waals surface area contributed by atoms with Crippen molar-refractivity contribution < 1.29 is 9.57 Å². The van der Waals surface area contributed by atoms with Crippen molar-refractivity contribution in [3.63, 3.8) is 0 Å². The molecular weight excluding hydrogens is 352 g/mol. The van der Waals surface area contributed by atoms with Gasteiger partial charge in [0.25, 0.3) is 0 Å². The Morgan fingerprint density at radius 3 is 2.61 bits per heavy atom. The van der Waals surface area contributed by atoms with Crippen LogP contribution in [0.25, 0.3) is 0 Å². The maximum absolute atomic E-state index is 6.29. The average Bonchev–Trinajstić information content (AvgIpc) is 3.24. The lowest BCUT2D eigenvalue weighted by atomic mass is 9.83. The molecule has 0 saturated carbocycles. The van der Waals surface area contributed by atoms with Crippen molar-refractivity contribution in [2.75, 3.05) is 7.11 Å². The van der Waals surface area contributed by atoms with E-state index in [0.717, 1.165) is 24.3 Å². The molecule has 1 aromatic carbocycles. The van der Waals surface area contributed by atoms with Gasteiger partial charge in [0.15, 0.2) is 0 Å². The third kappa shape index (κ3) is 4.37. The molecule has 0 fully saturated rings. The standard InChI is InChI=1S/C22H32N4O2/c1-21(2,3)16-8-9-19-15(10-16)11-17(28-19)12-18(26-14-23-13-24-26)20(25-27-7)22(4,5)6/h8-10,13-14,17-18H,11-12H2,1-7H3. The van der Waals surface area contributed by atoms with Crippen LogP contribution < -0.4 is 4.74 Å². The summed E-state index contributed by atoms with van der Waals surface area (Å²) in [4.78, 5) is 9.31. The van der Waals surface area contributed by atoms with E-state index in [0.29, 0.717) is 0 Å². The average molecular weight is 385 g/mol. The second-order valence-electron chi connectivity index (χ2n) is 9.55. The highest BCUT2D eigenvalue weighted by Crippen LogP contribution is 2.37. The molecule has 1 aliphatic heterocycles. The van der Waals surface area contributed by atoms with Gasteiger partial charge in [-0.05, 0) is 22.6 Å². The number of aromatic nitrogens is 3. The highest BCUT2D eigenvalue weighted by Gasteiger charge is 2.35. The summed E-state index contributed by atoms with van der Waals surface area (Å²) in [5, 5.41) is 8.75. The molecule has 0 saturated heterocycles. The van der Waals surface area contributed by atoms with Crippen molar-refractivity contribution in [1.29, 1.82) is 0 Å². The summed E-state index contributed by atoms with van der Waals surface area (Å²) in [5.41, 5.74) is 3.49. The highest BCUT2D eigenvalue weighted by molar-refractivity contribution is 5.92. The number of rotatable bonds is 5. The van der Waals surface area contributed by atoms with Gasteiger partial charge in [-0.1, -0.05) is 58.8 Å². The van der Waals surface area contributed by atoms with Crippen molar-refractivity contribution >= 4 is 5.71 Å². The minimum Gasteiger partial charge on any atom is -0.490 e. The number of hydrogen-bond acceptors (Lipinski definition) is 5. The van der Waals surface area contributed by atoms with E-state index in [1.807, 2.05) is 4.68 Å². The van der Waals surface area contributed by atoms with Crippen LogP contribution in [0.2, 0.25) is 0 Å². The van der Waals surface area contributed by atoms with Crippen molar-refractivity contribution in [2.45, 2.75) is 71.9 Å². The summed E-state index contributed by atoms with van der Waals surface area (Å²) >= 11 is 0. The second-order valence-corrected chi connectivity index (χ2v) is 9.55. The van der Waals surface area contributed by atoms with E-state index >= 15 is 0 Å². The van der Waals surface area contributed by atoms with Gasteiger partial charge in [0.1, 0.15) is 31.6 Å². The number of ether oxygens (including phenoxy) is 1. The Hall–Kier alpha value is -2.37. The van der Waals surface area contributed by atoms with Crippen LogP contribution in [0.1, 0.15) is 65.1 Å². The first kappa shape index (κ1) is 20.4. The molecule has 152 valence electrons. The van der Waals surface area contributed by atoms with Gasteiger partial charge in [0, 0.05) is 18.3 Å². The Morgan fingerprint density at radius 2 is 2.04 bits per heavy atom. The van der Waals surface area contributed by atoms with Crippen LogP contribution in [0.3, 0.4) is 0 Å². The molecule has 0 N–H and O–H groups in total. The van der Waals surface area contributed by atoms with Crippen molar-refractivity contribution in [3.8, 4) is 5.75 Å². The maximum Gasteiger partial charge on any atom is 0.137 e. The highest BCUT2D eigenvalue weighted by atomic mass is 16.6. The summed E-state index contributed by atoms with van der Waals surface area (Å²) in [5.74, 6) is 0.983. The zero-order valence-corrected chi connectivity index (χ0v) is 18.1. The summed E-state index contributed by atoms with van der Waals surface area (Å²) < 4.78 is 8.14.